The van der Waals surface area contributed by atoms with Crippen molar-refractivity contribution >= 4 is 9.84 Å². The van der Waals surface area contributed by atoms with Gasteiger partial charge in [-0.15, -0.1) is 0 Å². The molecule has 0 atom stereocenters. The van der Waals surface area contributed by atoms with Gasteiger partial charge >= 0.3 is 0 Å². The second-order valence-electron chi connectivity index (χ2n) is 6.98. The molecule has 0 radical (unpaired) electrons. The van der Waals surface area contributed by atoms with Crippen molar-refractivity contribution in [3.05, 3.63) is 101 Å². The summed E-state index contributed by atoms with van der Waals surface area (Å²) in [6.07, 6.45) is 0.354. The molecule has 0 bridgehead atoms. The smallest absolute Gasteiger partial charge is 0.227 e. The zero-order chi connectivity index (χ0) is 20.4. The zero-order valence-electron chi connectivity index (χ0n) is 16.3. The van der Waals surface area contributed by atoms with Crippen LogP contribution >= 0.6 is 0 Å². The van der Waals surface area contributed by atoms with Crippen LogP contribution in [0.3, 0.4) is 0 Å². The van der Waals surface area contributed by atoms with Crippen molar-refractivity contribution in [1.82, 2.24) is 4.98 Å². The van der Waals surface area contributed by atoms with E-state index in [1.54, 1.807) is 30.3 Å². The van der Waals surface area contributed by atoms with Gasteiger partial charge in [0.25, 0.3) is 0 Å². The van der Waals surface area contributed by atoms with E-state index in [-0.39, 0.29) is 9.92 Å². The van der Waals surface area contributed by atoms with E-state index in [9.17, 15) is 8.42 Å². The molecule has 0 aliphatic carbocycles. The summed E-state index contributed by atoms with van der Waals surface area (Å²) < 4.78 is 32.7. The third-order valence-electron chi connectivity index (χ3n) is 4.96. The standard InChI is InChI=1S/C24H21NO3S/c1-17-10-6-8-12-19(17)16-22-24(29(26,27)20-13-4-3-5-14-20)25-23(28-22)21-15-9-7-11-18(21)2/h3-15H,16H2,1-2H3. The van der Waals surface area contributed by atoms with Gasteiger partial charge in [0, 0.05) is 12.0 Å². The van der Waals surface area contributed by atoms with Crippen LogP contribution in [-0.2, 0) is 16.3 Å². The summed E-state index contributed by atoms with van der Waals surface area (Å²) in [5.41, 5.74) is 3.83. The molecule has 146 valence electrons. The second kappa shape index (κ2) is 7.68. The maximum atomic E-state index is 13.3. The fourth-order valence-electron chi connectivity index (χ4n) is 3.28. The summed E-state index contributed by atoms with van der Waals surface area (Å²) in [5.74, 6) is 0.669. The highest BCUT2D eigenvalue weighted by molar-refractivity contribution is 7.91. The van der Waals surface area contributed by atoms with Crippen LogP contribution in [0.5, 0.6) is 0 Å². The van der Waals surface area contributed by atoms with Gasteiger partial charge in [0.05, 0.1) is 4.90 Å². The molecular formula is C24H21NO3S. The summed E-state index contributed by atoms with van der Waals surface area (Å²) >= 11 is 0. The molecular weight excluding hydrogens is 382 g/mol. The Morgan fingerprint density at radius 3 is 2.10 bits per heavy atom. The lowest BCUT2D eigenvalue weighted by Crippen LogP contribution is -2.06. The van der Waals surface area contributed by atoms with E-state index in [1.165, 1.54) is 0 Å². The van der Waals surface area contributed by atoms with Gasteiger partial charge in [-0.2, -0.15) is 4.98 Å². The first-order chi connectivity index (χ1) is 14.0. The molecule has 3 aromatic carbocycles. The second-order valence-corrected chi connectivity index (χ2v) is 8.85. The topological polar surface area (TPSA) is 60.2 Å². The largest absolute Gasteiger partial charge is 0.439 e. The van der Waals surface area contributed by atoms with Gasteiger partial charge in [-0.1, -0.05) is 60.7 Å². The van der Waals surface area contributed by atoms with Crippen LogP contribution in [0.15, 0.2) is 93.2 Å². The Morgan fingerprint density at radius 1 is 0.793 bits per heavy atom. The average Bonchev–Trinajstić information content (AvgIpc) is 3.15. The quantitative estimate of drug-likeness (QED) is 0.449. The van der Waals surface area contributed by atoms with E-state index in [0.717, 1.165) is 22.3 Å². The highest BCUT2D eigenvalue weighted by atomic mass is 32.2. The number of benzene rings is 3. The number of nitrogens with zero attached hydrogens (tertiary/aromatic N) is 1. The van der Waals surface area contributed by atoms with Crippen LogP contribution in [0.1, 0.15) is 22.5 Å². The number of aryl methyl sites for hydroxylation is 2. The molecule has 4 nitrogen and oxygen atoms in total. The third kappa shape index (κ3) is 3.74. The molecule has 0 fully saturated rings. The Morgan fingerprint density at radius 2 is 1.41 bits per heavy atom. The van der Waals surface area contributed by atoms with E-state index >= 15 is 0 Å². The van der Waals surface area contributed by atoms with Crippen molar-refractivity contribution in [2.75, 3.05) is 0 Å². The Balaban J connectivity index is 1.89. The van der Waals surface area contributed by atoms with Crippen molar-refractivity contribution in [1.29, 1.82) is 0 Å². The number of sulfone groups is 1. The molecule has 0 amide bonds. The molecule has 0 aliphatic heterocycles. The number of rotatable bonds is 5. The molecule has 4 aromatic rings. The first-order valence-electron chi connectivity index (χ1n) is 9.37. The minimum Gasteiger partial charge on any atom is -0.439 e. The summed E-state index contributed by atoms with van der Waals surface area (Å²) in [6.45, 7) is 3.95. The summed E-state index contributed by atoms with van der Waals surface area (Å²) in [6, 6.07) is 23.9. The van der Waals surface area contributed by atoms with Crippen LogP contribution in [0.25, 0.3) is 11.5 Å². The zero-order valence-corrected chi connectivity index (χ0v) is 17.1. The molecule has 29 heavy (non-hydrogen) atoms. The van der Waals surface area contributed by atoms with Crippen molar-refractivity contribution < 1.29 is 12.8 Å². The molecule has 0 unspecified atom stereocenters. The summed E-state index contributed by atoms with van der Waals surface area (Å²) in [5, 5.41) is -0.0230. The fourth-order valence-corrected chi connectivity index (χ4v) is 4.64. The Kier molecular flexibility index (Phi) is 5.07. The normalized spacial score (nSPS) is 11.5. The van der Waals surface area contributed by atoms with Crippen molar-refractivity contribution in [2.45, 2.75) is 30.2 Å². The minimum absolute atomic E-state index is 0.0230. The number of hydrogen-bond acceptors (Lipinski definition) is 4. The summed E-state index contributed by atoms with van der Waals surface area (Å²) in [7, 11) is -3.81. The molecule has 0 saturated carbocycles. The lowest BCUT2D eigenvalue weighted by Gasteiger charge is -2.06. The van der Waals surface area contributed by atoms with E-state index in [4.69, 9.17) is 4.42 Å². The Bertz CT molecular complexity index is 1260. The molecule has 5 heteroatoms. The highest BCUT2D eigenvalue weighted by Gasteiger charge is 2.28. The summed E-state index contributed by atoms with van der Waals surface area (Å²) in [4.78, 5) is 4.66. The first kappa shape index (κ1) is 19.2. The van der Waals surface area contributed by atoms with Gasteiger partial charge in [-0.3, -0.25) is 0 Å². The molecule has 1 heterocycles. The van der Waals surface area contributed by atoms with E-state index in [2.05, 4.69) is 4.98 Å². The Hall–Kier alpha value is -3.18. The predicted molar refractivity (Wildman–Crippen MR) is 113 cm³/mol. The van der Waals surface area contributed by atoms with Crippen LogP contribution < -0.4 is 0 Å². The molecule has 1 aromatic heterocycles. The van der Waals surface area contributed by atoms with Gasteiger partial charge in [0.2, 0.25) is 20.8 Å². The van der Waals surface area contributed by atoms with Crippen LogP contribution in [0.4, 0.5) is 0 Å². The van der Waals surface area contributed by atoms with Crippen LogP contribution in [-0.4, -0.2) is 13.4 Å². The average molecular weight is 404 g/mol. The van der Waals surface area contributed by atoms with E-state index < -0.39 is 9.84 Å². The molecule has 0 spiro atoms. The number of hydrogen-bond donors (Lipinski definition) is 0. The molecule has 4 rings (SSSR count). The van der Waals surface area contributed by atoms with Crippen LogP contribution in [0.2, 0.25) is 0 Å². The van der Waals surface area contributed by atoms with Gasteiger partial charge in [0.1, 0.15) is 5.76 Å². The Labute approximate surface area is 170 Å². The number of aromatic nitrogens is 1. The maximum absolute atomic E-state index is 13.3. The minimum atomic E-state index is -3.81. The van der Waals surface area contributed by atoms with Crippen molar-refractivity contribution in [3.63, 3.8) is 0 Å². The maximum Gasteiger partial charge on any atom is 0.227 e. The molecule has 0 aliphatic rings. The molecule has 0 saturated heterocycles. The van der Waals surface area contributed by atoms with Gasteiger partial charge in [-0.25, -0.2) is 8.42 Å². The first-order valence-corrected chi connectivity index (χ1v) is 10.9. The highest BCUT2D eigenvalue weighted by Crippen LogP contribution is 2.32. The van der Waals surface area contributed by atoms with Crippen molar-refractivity contribution in [3.8, 4) is 11.5 Å². The lowest BCUT2D eigenvalue weighted by atomic mass is 10.1. The van der Waals surface area contributed by atoms with Gasteiger partial charge in [0.15, 0.2) is 0 Å². The van der Waals surface area contributed by atoms with Crippen molar-refractivity contribution in [2.24, 2.45) is 0 Å². The fraction of sp³-hybridized carbons (Fsp3) is 0.125. The lowest BCUT2D eigenvalue weighted by molar-refractivity contribution is 0.519. The third-order valence-corrected chi connectivity index (χ3v) is 6.68. The van der Waals surface area contributed by atoms with Gasteiger partial charge < -0.3 is 4.42 Å². The van der Waals surface area contributed by atoms with Gasteiger partial charge in [-0.05, 0) is 48.7 Å². The SMILES string of the molecule is Cc1ccccc1Cc1oc(-c2ccccc2C)nc1S(=O)(=O)c1ccccc1. The predicted octanol–water partition coefficient (Wildman–Crippen LogP) is 5.38. The van der Waals surface area contributed by atoms with E-state index in [1.807, 2.05) is 62.4 Å². The monoisotopic (exact) mass is 403 g/mol. The van der Waals surface area contributed by atoms with Crippen LogP contribution in [0, 0.1) is 13.8 Å². The number of oxazole rings is 1. The molecule has 0 N–H and O–H groups in total. The van der Waals surface area contributed by atoms with E-state index in [0.29, 0.717) is 18.1 Å².